The van der Waals surface area contributed by atoms with Crippen LogP contribution in [0.3, 0.4) is 0 Å². The Morgan fingerprint density at radius 3 is 2.37 bits per heavy atom. The molecule has 0 aliphatic carbocycles. The van der Waals surface area contributed by atoms with Crippen molar-refractivity contribution in [3.05, 3.63) is 67.3 Å². The molecule has 1 aliphatic rings. The predicted molar refractivity (Wildman–Crippen MR) is 132 cm³/mol. The van der Waals surface area contributed by atoms with Crippen LogP contribution in [0.4, 0.5) is 16.5 Å². The van der Waals surface area contributed by atoms with Crippen molar-refractivity contribution in [2.75, 3.05) is 44.3 Å². The molecular formula is C23H25N5O6S. The van der Waals surface area contributed by atoms with Crippen molar-refractivity contribution in [3.63, 3.8) is 0 Å². The van der Waals surface area contributed by atoms with E-state index in [1.807, 2.05) is 26.0 Å². The lowest BCUT2D eigenvalue weighted by Gasteiger charge is -2.27. The summed E-state index contributed by atoms with van der Waals surface area (Å²) in [5.41, 5.74) is 1.71. The lowest BCUT2D eigenvalue weighted by atomic mass is 10.1. The number of amides is 1. The molecule has 0 saturated carbocycles. The SMILES string of the molecule is Cc1cc(C)c2sc(N(CCCN3CCOCC3)C(=O)c3cc([N+](=O)[O-])cc([N+](=O)[O-])c3)nc2c1. The maximum Gasteiger partial charge on any atom is 0.277 e. The van der Waals surface area contributed by atoms with Crippen LogP contribution in [0.1, 0.15) is 27.9 Å². The standard InChI is InChI=1S/C23H25N5O6S/c1-15-10-16(2)21-20(11-15)24-23(35-21)26(5-3-4-25-6-8-34-9-7-25)22(29)17-12-18(27(30)31)14-19(13-17)28(32)33/h10-14H,3-9H2,1-2H3. The van der Waals surface area contributed by atoms with Crippen LogP contribution in [0.25, 0.3) is 10.2 Å². The van der Waals surface area contributed by atoms with Gasteiger partial charge in [-0.05, 0) is 37.5 Å². The van der Waals surface area contributed by atoms with E-state index in [1.165, 1.54) is 16.2 Å². The summed E-state index contributed by atoms with van der Waals surface area (Å²) >= 11 is 1.36. The number of hydrogen-bond acceptors (Lipinski definition) is 9. The normalized spacial score (nSPS) is 14.2. The number of carbonyl (C=O) groups is 1. The van der Waals surface area contributed by atoms with Gasteiger partial charge in [0.25, 0.3) is 17.3 Å². The molecule has 2 heterocycles. The van der Waals surface area contributed by atoms with Gasteiger partial charge in [0.1, 0.15) is 0 Å². The predicted octanol–water partition coefficient (Wildman–Crippen LogP) is 4.10. The number of non-ortho nitro benzene ring substituents is 2. The van der Waals surface area contributed by atoms with Gasteiger partial charge in [0.05, 0.1) is 44.9 Å². The first kappa shape index (κ1) is 24.6. The van der Waals surface area contributed by atoms with Crippen LogP contribution in [0, 0.1) is 34.1 Å². The average molecular weight is 500 g/mol. The van der Waals surface area contributed by atoms with Crippen molar-refractivity contribution >= 4 is 44.0 Å². The zero-order valence-electron chi connectivity index (χ0n) is 19.4. The van der Waals surface area contributed by atoms with Crippen LogP contribution in [0.5, 0.6) is 0 Å². The van der Waals surface area contributed by atoms with Gasteiger partial charge in [-0.25, -0.2) is 4.98 Å². The van der Waals surface area contributed by atoms with E-state index in [-0.39, 0.29) is 5.56 Å². The van der Waals surface area contributed by atoms with E-state index in [0.29, 0.717) is 31.3 Å². The topological polar surface area (TPSA) is 132 Å². The van der Waals surface area contributed by atoms with E-state index >= 15 is 0 Å². The van der Waals surface area contributed by atoms with E-state index in [9.17, 15) is 25.0 Å². The summed E-state index contributed by atoms with van der Waals surface area (Å²) in [7, 11) is 0. The third-order valence-electron chi connectivity index (χ3n) is 5.82. The fraction of sp³-hybridized carbons (Fsp3) is 0.391. The molecule has 1 aliphatic heterocycles. The molecule has 3 aromatic rings. The molecule has 35 heavy (non-hydrogen) atoms. The van der Waals surface area contributed by atoms with E-state index in [4.69, 9.17) is 4.74 Å². The first-order chi connectivity index (χ1) is 16.7. The molecule has 0 atom stereocenters. The molecule has 0 radical (unpaired) electrons. The van der Waals surface area contributed by atoms with Gasteiger partial charge < -0.3 is 4.74 Å². The van der Waals surface area contributed by atoms with Crippen molar-refractivity contribution in [2.24, 2.45) is 0 Å². The lowest BCUT2D eigenvalue weighted by Crippen LogP contribution is -2.39. The summed E-state index contributed by atoms with van der Waals surface area (Å²) in [4.78, 5) is 43.3. The third kappa shape index (κ3) is 5.61. The van der Waals surface area contributed by atoms with Crippen LogP contribution in [-0.4, -0.2) is 65.0 Å². The Morgan fingerprint density at radius 2 is 1.74 bits per heavy atom. The molecule has 1 amide bonds. The number of nitro benzene ring substituents is 2. The van der Waals surface area contributed by atoms with Crippen molar-refractivity contribution in [2.45, 2.75) is 20.3 Å². The van der Waals surface area contributed by atoms with Crippen molar-refractivity contribution in [1.82, 2.24) is 9.88 Å². The van der Waals surface area contributed by atoms with Crippen LogP contribution >= 0.6 is 11.3 Å². The van der Waals surface area contributed by atoms with Crippen molar-refractivity contribution in [1.29, 1.82) is 0 Å². The molecule has 11 nitrogen and oxygen atoms in total. The van der Waals surface area contributed by atoms with E-state index in [2.05, 4.69) is 9.88 Å². The van der Waals surface area contributed by atoms with Crippen molar-refractivity contribution in [3.8, 4) is 0 Å². The second kappa shape index (κ2) is 10.4. The molecule has 184 valence electrons. The zero-order chi connectivity index (χ0) is 25.1. The van der Waals surface area contributed by atoms with E-state index < -0.39 is 27.1 Å². The van der Waals surface area contributed by atoms with E-state index in [1.54, 1.807) is 0 Å². The number of fused-ring (bicyclic) bond motifs is 1. The summed E-state index contributed by atoms with van der Waals surface area (Å²) in [6.45, 7) is 7.95. The van der Waals surface area contributed by atoms with E-state index in [0.717, 1.165) is 59.2 Å². The number of morpholine rings is 1. The number of aryl methyl sites for hydroxylation is 2. The Balaban J connectivity index is 1.69. The highest BCUT2D eigenvalue weighted by Crippen LogP contribution is 2.33. The number of thiazole rings is 1. The zero-order valence-corrected chi connectivity index (χ0v) is 20.2. The maximum atomic E-state index is 13.6. The van der Waals surface area contributed by atoms with Gasteiger partial charge in [0, 0.05) is 38.3 Å². The Kier molecular flexibility index (Phi) is 7.34. The maximum absolute atomic E-state index is 13.6. The number of carbonyl (C=O) groups excluding carboxylic acids is 1. The van der Waals surface area contributed by atoms with Gasteiger partial charge in [0.15, 0.2) is 5.13 Å². The summed E-state index contributed by atoms with van der Waals surface area (Å²) in [5, 5.41) is 23.2. The quantitative estimate of drug-likeness (QED) is 0.334. The molecule has 1 aromatic heterocycles. The largest absolute Gasteiger partial charge is 0.379 e. The number of hydrogen-bond donors (Lipinski definition) is 0. The van der Waals surface area contributed by atoms with Crippen LogP contribution in [-0.2, 0) is 4.74 Å². The van der Waals surface area contributed by atoms with Gasteiger partial charge in [-0.1, -0.05) is 17.4 Å². The molecule has 0 spiro atoms. The molecule has 12 heteroatoms. The van der Waals surface area contributed by atoms with Gasteiger partial charge in [0.2, 0.25) is 0 Å². The van der Waals surface area contributed by atoms with Crippen LogP contribution in [0.2, 0.25) is 0 Å². The Bertz CT molecular complexity index is 1250. The highest BCUT2D eigenvalue weighted by molar-refractivity contribution is 7.22. The molecule has 2 aromatic carbocycles. The number of nitrogens with zero attached hydrogens (tertiary/aromatic N) is 5. The molecule has 1 saturated heterocycles. The third-order valence-corrected chi connectivity index (χ3v) is 7.05. The Morgan fingerprint density at radius 1 is 1.09 bits per heavy atom. The first-order valence-electron chi connectivity index (χ1n) is 11.2. The summed E-state index contributed by atoms with van der Waals surface area (Å²) in [5.74, 6) is -0.563. The molecule has 1 fully saturated rings. The van der Waals surface area contributed by atoms with Crippen LogP contribution in [0.15, 0.2) is 30.3 Å². The van der Waals surface area contributed by atoms with Gasteiger partial charge >= 0.3 is 0 Å². The highest BCUT2D eigenvalue weighted by Gasteiger charge is 2.26. The number of anilines is 1. The minimum Gasteiger partial charge on any atom is -0.379 e. The number of aromatic nitrogens is 1. The second-order valence-corrected chi connectivity index (χ2v) is 9.42. The lowest BCUT2D eigenvalue weighted by molar-refractivity contribution is -0.394. The molecule has 4 rings (SSSR count). The number of rotatable bonds is 8. The average Bonchev–Trinajstić information content (AvgIpc) is 3.25. The van der Waals surface area contributed by atoms with Gasteiger partial charge in [-0.15, -0.1) is 0 Å². The first-order valence-corrected chi connectivity index (χ1v) is 12.0. The fourth-order valence-corrected chi connectivity index (χ4v) is 5.17. The molecular weight excluding hydrogens is 474 g/mol. The van der Waals surface area contributed by atoms with Crippen LogP contribution < -0.4 is 4.90 Å². The Labute approximate surface area is 205 Å². The minimum absolute atomic E-state index is 0.121. The Hall–Kier alpha value is -3.48. The van der Waals surface area contributed by atoms with Gasteiger partial charge in [-0.2, -0.15) is 0 Å². The summed E-state index contributed by atoms with van der Waals surface area (Å²) < 4.78 is 6.33. The van der Waals surface area contributed by atoms with Crippen molar-refractivity contribution < 1.29 is 19.4 Å². The smallest absolute Gasteiger partial charge is 0.277 e. The molecule has 0 N–H and O–H groups in total. The fourth-order valence-electron chi connectivity index (χ4n) is 4.13. The number of ether oxygens (including phenoxy) is 1. The summed E-state index contributed by atoms with van der Waals surface area (Å²) in [6, 6.07) is 6.99. The highest BCUT2D eigenvalue weighted by atomic mass is 32.1. The molecule has 0 bridgehead atoms. The number of nitro groups is 2. The molecule has 0 unspecified atom stereocenters. The minimum atomic E-state index is -0.740. The monoisotopic (exact) mass is 499 g/mol. The van der Waals surface area contributed by atoms with Gasteiger partial charge in [-0.3, -0.25) is 34.8 Å². The second-order valence-electron chi connectivity index (χ2n) is 8.44. The number of benzene rings is 2. The summed E-state index contributed by atoms with van der Waals surface area (Å²) in [6.07, 6.45) is 0.636.